The molecule has 2 aromatic carbocycles. The third-order valence-electron chi connectivity index (χ3n) is 7.39. The molecule has 1 fully saturated rings. The summed E-state index contributed by atoms with van der Waals surface area (Å²) in [5.74, 6) is 0.349. The Bertz CT molecular complexity index is 1090. The summed E-state index contributed by atoms with van der Waals surface area (Å²) in [6.07, 6.45) is 4.52. The molecular formula is C30H40FNO4Si. The lowest BCUT2D eigenvalue weighted by molar-refractivity contribution is -0.128. The standard InChI is InChI=1S/C30H40FNO4Si/c1-21(2)37(22(3)4,23(5)6)35-18-17-32-26(14-16-30(32)34)13-15-29(33)24-9-7-11-27(19-24)36-28-12-8-10-25(31)20-28/h7-13,15,19-23,26H,14,16-18H2,1-6H3/b15-13+/t26-/m0/s1. The van der Waals surface area contributed by atoms with Gasteiger partial charge in [0.1, 0.15) is 17.3 Å². The zero-order chi connectivity index (χ0) is 27.2. The number of nitrogens with zero attached hydrogens (tertiary/aromatic N) is 1. The first-order valence-corrected chi connectivity index (χ1v) is 15.4. The lowest BCUT2D eigenvalue weighted by Gasteiger charge is -2.42. The van der Waals surface area contributed by atoms with Gasteiger partial charge in [0.15, 0.2) is 14.1 Å². The van der Waals surface area contributed by atoms with Crippen LogP contribution in [0, 0.1) is 5.82 Å². The van der Waals surface area contributed by atoms with Crippen LogP contribution in [0.1, 0.15) is 64.7 Å². The van der Waals surface area contributed by atoms with Crippen molar-refractivity contribution in [3.05, 3.63) is 72.1 Å². The molecule has 2 aromatic rings. The molecule has 0 saturated carbocycles. The lowest BCUT2D eigenvalue weighted by atomic mass is 10.1. The zero-order valence-electron chi connectivity index (χ0n) is 22.9. The summed E-state index contributed by atoms with van der Waals surface area (Å²) in [6, 6.07) is 12.5. The molecule has 1 heterocycles. The van der Waals surface area contributed by atoms with E-state index in [0.29, 0.717) is 59.7 Å². The molecule has 0 bridgehead atoms. The van der Waals surface area contributed by atoms with E-state index in [1.807, 2.05) is 11.0 Å². The van der Waals surface area contributed by atoms with E-state index < -0.39 is 8.32 Å². The summed E-state index contributed by atoms with van der Waals surface area (Å²) >= 11 is 0. The molecule has 1 saturated heterocycles. The molecular weight excluding hydrogens is 485 g/mol. The second-order valence-corrected chi connectivity index (χ2v) is 16.1. The van der Waals surface area contributed by atoms with Gasteiger partial charge in [-0.2, -0.15) is 0 Å². The topological polar surface area (TPSA) is 55.8 Å². The van der Waals surface area contributed by atoms with Crippen LogP contribution in [-0.4, -0.2) is 44.1 Å². The monoisotopic (exact) mass is 525 g/mol. The van der Waals surface area contributed by atoms with Crippen LogP contribution in [0.5, 0.6) is 11.5 Å². The van der Waals surface area contributed by atoms with Gasteiger partial charge in [0.25, 0.3) is 0 Å². The molecule has 3 rings (SSSR count). The maximum atomic E-state index is 13.4. The number of rotatable bonds is 12. The minimum atomic E-state index is -2.00. The molecule has 0 N–H and O–H groups in total. The molecule has 200 valence electrons. The van der Waals surface area contributed by atoms with Gasteiger partial charge in [-0.05, 0) is 53.4 Å². The highest BCUT2D eigenvalue weighted by atomic mass is 28.4. The van der Waals surface area contributed by atoms with Gasteiger partial charge in [-0.25, -0.2) is 4.39 Å². The van der Waals surface area contributed by atoms with Crippen LogP contribution in [0.4, 0.5) is 4.39 Å². The van der Waals surface area contributed by atoms with Gasteiger partial charge in [-0.3, -0.25) is 9.59 Å². The summed E-state index contributed by atoms with van der Waals surface area (Å²) in [6.45, 7) is 14.6. The first kappa shape index (κ1) is 28.8. The van der Waals surface area contributed by atoms with E-state index in [-0.39, 0.29) is 23.5 Å². The number of halogens is 1. The van der Waals surface area contributed by atoms with Crippen LogP contribution in [0.25, 0.3) is 0 Å². The lowest BCUT2D eigenvalue weighted by Crippen LogP contribution is -2.49. The number of ether oxygens (including phenoxy) is 1. The Morgan fingerprint density at radius 3 is 2.27 bits per heavy atom. The predicted molar refractivity (Wildman–Crippen MR) is 148 cm³/mol. The fraction of sp³-hybridized carbons (Fsp3) is 0.467. The first-order valence-electron chi connectivity index (χ1n) is 13.2. The number of amides is 1. The van der Waals surface area contributed by atoms with E-state index in [2.05, 4.69) is 41.5 Å². The van der Waals surface area contributed by atoms with E-state index >= 15 is 0 Å². The van der Waals surface area contributed by atoms with E-state index in [9.17, 15) is 14.0 Å². The second kappa shape index (κ2) is 12.7. The average Bonchev–Trinajstić information content (AvgIpc) is 3.18. The molecule has 1 aliphatic heterocycles. The van der Waals surface area contributed by atoms with Gasteiger partial charge < -0.3 is 14.1 Å². The van der Waals surface area contributed by atoms with E-state index in [1.165, 1.54) is 18.2 Å². The number of ketones is 1. The van der Waals surface area contributed by atoms with Crippen LogP contribution in [0.15, 0.2) is 60.7 Å². The highest BCUT2D eigenvalue weighted by Crippen LogP contribution is 2.42. The molecule has 37 heavy (non-hydrogen) atoms. The van der Waals surface area contributed by atoms with E-state index in [4.69, 9.17) is 9.16 Å². The summed E-state index contributed by atoms with van der Waals surface area (Å²) in [5, 5.41) is 0. The van der Waals surface area contributed by atoms with Crippen molar-refractivity contribution in [2.24, 2.45) is 0 Å². The van der Waals surface area contributed by atoms with E-state index in [0.717, 1.165) is 0 Å². The van der Waals surface area contributed by atoms with Gasteiger partial charge >= 0.3 is 0 Å². The highest BCUT2D eigenvalue weighted by Gasteiger charge is 2.45. The van der Waals surface area contributed by atoms with Crippen molar-refractivity contribution < 1.29 is 23.1 Å². The fourth-order valence-electron chi connectivity index (χ4n) is 5.74. The Morgan fingerprint density at radius 1 is 1.03 bits per heavy atom. The second-order valence-electron chi connectivity index (χ2n) is 10.7. The highest BCUT2D eigenvalue weighted by molar-refractivity contribution is 6.77. The minimum Gasteiger partial charge on any atom is -0.457 e. The number of allylic oxidation sites excluding steroid dienone is 1. The van der Waals surface area contributed by atoms with Gasteiger partial charge in [-0.1, -0.05) is 65.8 Å². The average molecular weight is 526 g/mol. The van der Waals surface area contributed by atoms with Crippen LogP contribution in [-0.2, 0) is 9.22 Å². The molecule has 0 aliphatic carbocycles. The van der Waals surface area contributed by atoms with Crippen molar-refractivity contribution >= 4 is 20.0 Å². The largest absolute Gasteiger partial charge is 0.457 e. The van der Waals surface area contributed by atoms with Crippen molar-refractivity contribution in [3.63, 3.8) is 0 Å². The Labute approximate surface area is 221 Å². The minimum absolute atomic E-state index is 0.0992. The van der Waals surface area contributed by atoms with Crippen LogP contribution < -0.4 is 4.74 Å². The Kier molecular flexibility index (Phi) is 9.85. The SMILES string of the molecule is CC(C)[Si](OCCN1C(=O)CC[C@@H]1/C=C/C(=O)c1cccc(Oc2cccc(F)c2)c1)(C(C)C)C(C)C. The Balaban J connectivity index is 1.64. The molecule has 1 aliphatic rings. The van der Waals surface area contributed by atoms with Gasteiger partial charge in [0.05, 0.1) is 12.6 Å². The Morgan fingerprint density at radius 2 is 1.65 bits per heavy atom. The molecule has 1 atom stereocenters. The molecule has 5 nitrogen and oxygen atoms in total. The van der Waals surface area contributed by atoms with Crippen LogP contribution in [0.2, 0.25) is 16.6 Å². The van der Waals surface area contributed by atoms with Crippen LogP contribution >= 0.6 is 0 Å². The quantitative estimate of drug-likeness (QED) is 0.163. The van der Waals surface area contributed by atoms with Crippen molar-refractivity contribution in [1.29, 1.82) is 0 Å². The summed E-state index contributed by atoms with van der Waals surface area (Å²) in [5.41, 5.74) is 1.91. The van der Waals surface area contributed by atoms with Gasteiger partial charge in [0.2, 0.25) is 5.91 Å². The van der Waals surface area contributed by atoms with Gasteiger partial charge in [-0.15, -0.1) is 0 Å². The van der Waals surface area contributed by atoms with Crippen molar-refractivity contribution in [1.82, 2.24) is 4.90 Å². The smallest absolute Gasteiger partial charge is 0.223 e. The number of likely N-dealkylation sites (tertiary alicyclic amines) is 1. The molecule has 0 aromatic heterocycles. The van der Waals surface area contributed by atoms with Crippen molar-refractivity contribution in [3.8, 4) is 11.5 Å². The zero-order valence-corrected chi connectivity index (χ0v) is 23.9. The normalized spacial score (nSPS) is 16.5. The predicted octanol–water partition coefficient (Wildman–Crippen LogP) is 7.54. The molecule has 0 radical (unpaired) electrons. The number of carbonyl (C=O) groups is 2. The fourth-order valence-corrected chi connectivity index (χ4v) is 11.2. The molecule has 7 heteroatoms. The summed E-state index contributed by atoms with van der Waals surface area (Å²) in [4.78, 5) is 27.4. The molecule has 0 unspecified atom stereocenters. The first-order chi connectivity index (χ1) is 17.5. The number of hydrogen-bond acceptors (Lipinski definition) is 4. The maximum absolute atomic E-state index is 13.4. The molecule has 0 spiro atoms. The number of hydrogen-bond donors (Lipinski definition) is 0. The summed E-state index contributed by atoms with van der Waals surface area (Å²) in [7, 11) is -2.00. The maximum Gasteiger partial charge on any atom is 0.223 e. The van der Waals surface area contributed by atoms with E-state index in [1.54, 1.807) is 36.4 Å². The van der Waals surface area contributed by atoms with Gasteiger partial charge in [0, 0.05) is 24.6 Å². The van der Waals surface area contributed by atoms with Crippen LogP contribution in [0.3, 0.4) is 0 Å². The van der Waals surface area contributed by atoms with Crippen molar-refractivity contribution in [2.45, 2.75) is 77.0 Å². The number of carbonyl (C=O) groups excluding carboxylic acids is 2. The van der Waals surface area contributed by atoms with Crippen molar-refractivity contribution in [2.75, 3.05) is 13.2 Å². The third-order valence-corrected chi connectivity index (χ3v) is 13.5. The summed E-state index contributed by atoms with van der Waals surface area (Å²) < 4.78 is 25.8. The number of benzene rings is 2. The third kappa shape index (κ3) is 6.96. The Hall–Kier alpha value is -2.77. The molecule has 1 amide bonds.